The zero-order chi connectivity index (χ0) is 23.0. The van der Waals surface area contributed by atoms with E-state index in [1.54, 1.807) is 0 Å². The van der Waals surface area contributed by atoms with Gasteiger partial charge in [-0.2, -0.15) is 0 Å². The van der Waals surface area contributed by atoms with Crippen molar-refractivity contribution < 1.29 is 44.7 Å². The van der Waals surface area contributed by atoms with E-state index in [1.165, 1.54) is 25.1 Å². The Hall–Kier alpha value is -3.66. The minimum atomic E-state index is -2.76. The molecule has 0 bridgehead atoms. The van der Waals surface area contributed by atoms with Gasteiger partial charge in [-0.15, -0.1) is 0 Å². The monoisotopic (exact) mass is 429 g/mol. The van der Waals surface area contributed by atoms with Crippen molar-refractivity contribution in [1.82, 2.24) is 0 Å². The van der Waals surface area contributed by atoms with Crippen LogP contribution in [-0.4, -0.2) is 54.6 Å². The largest absolute Gasteiger partial charge is 0.508 e. The Morgan fingerprint density at radius 3 is 2.39 bits per heavy atom. The molecule has 5 atom stereocenters. The van der Waals surface area contributed by atoms with Gasteiger partial charge in [0.2, 0.25) is 5.78 Å². The van der Waals surface area contributed by atoms with Crippen molar-refractivity contribution in [1.29, 1.82) is 0 Å². The van der Waals surface area contributed by atoms with Gasteiger partial charge >= 0.3 is 5.97 Å². The molecule has 1 aromatic carbocycles. The molecule has 1 saturated carbocycles. The van der Waals surface area contributed by atoms with E-state index in [9.17, 15) is 44.7 Å². The fourth-order valence-electron chi connectivity index (χ4n) is 5.23. The number of hydrogen-bond donors (Lipinski definition) is 6. The standard InChI is InChI=1S/C21H19NO9/c1-6-9-5-8-11(20(29)30)7-3-2-4-10(23)12(7)16(25)13(8)17(26)21(9,31)18(27)14(15(6)24)19(22)28/h2-4,6,8-9,11,23,25,27,31H,5H2,1H3,(H2,22,28)(H,29,30)/t6-,8+,9-,11-,21-/m0/s1. The van der Waals surface area contributed by atoms with Crippen LogP contribution in [0.25, 0.3) is 5.76 Å². The van der Waals surface area contributed by atoms with Crippen molar-refractivity contribution in [3.05, 3.63) is 46.2 Å². The van der Waals surface area contributed by atoms with E-state index in [4.69, 9.17) is 5.73 Å². The lowest BCUT2D eigenvalue weighted by Crippen LogP contribution is -2.61. The molecule has 0 unspecified atom stereocenters. The second kappa shape index (κ2) is 6.42. The van der Waals surface area contributed by atoms with Crippen molar-refractivity contribution in [2.45, 2.75) is 24.9 Å². The first-order chi connectivity index (χ1) is 14.4. The number of aromatic hydroxyl groups is 1. The molecule has 10 nitrogen and oxygen atoms in total. The second-order valence-corrected chi connectivity index (χ2v) is 8.10. The number of amides is 1. The topological polar surface area (TPSA) is 195 Å². The number of carboxylic acid groups (broad SMARTS) is 1. The quantitative estimate of drug-likeness (QED) is 0.358. The Kier molecular flexibility index (Phi) is 4.27. The first-order valence-electron chi connectivity index (χ1n) is 9.47. The molecule has 0 radical (unpaired) electrons. The highest BCUT2D eigenvalue weighted by atomic mass is 16.4. The van der Waals surface area contributed by atoms with E-state index in [2.05, 4.69) is 0 Å². The summed E-state index contributed by atoms with van der Waals surface area (Å²) in [7, 11) is 0. The maximum absolute atomic E-state index is 13.4. The highest BCUT2D eigenvalue weighted by molar-refractivity contribution is 6.23. The Balaban J connectivity index is 2.03. The number of phenolic OH excluding ortho intramolecular Hbond substituents is 1. The molecule has 10 heteroatoms. The van der Waals surface area contributed by atoms with Crippen LogP contribution in [0.2, 0.25) is 0 Å². The van der Waals surface area contributed by atoms with Crippen molar-refractivity contribution in [2.75, 3.05) is 0 Å². The molecule has 1 fully saturated rings. The van der Waals surface area contributed by atoms with E-state index < -0.39 is 81.1 Å². The van der Waals surface area contributed by atoms with Gasteiger partial charge in [0.05, 0.1) is 11.5 Å². The lowest BCUT2D eigenvalue weighted by Gasteiger charge is -2.49. The molecule has 4 rings (SSSR count). The van der Waals surface area contributed by atoms with Crippen molar-refractivity contribution in [3.63, 3.8) is 0 Å². The molecule has 0 heterocycles. The highest BCUT2D eigenvalue weighted by Gasteiger charge is 2.64. The maximum Gasteiger partial charge on any atom is 0.311 e. The van der Waals surface area contributed by atoms with Gasteiger partial charge < -0.3 is 31.3 Å². The van der Waals surface area contributed by atoms with Crippen molar-refractivity contribution in [2.24, 2.45) is 23.5 Å². The minimum absolute atomic E-state index is 0.0735. The van der Waals surface area contributed by atoms with Gasteiger partial charge in [-0.05, 0) is 18.1 Å². The number of fused-ring (bicyclic) bond motifs is 3. The van der Waals surface area contributed by atoms with Gasteiger partial charge in [-0.3, -0.25) is 19.2 Å². The number of ketones is 2. The van der Waals surface area contributed by atoms with Crippen molar-refractivity contribution >= 4 is 29.2 Å². The van der Waals surface area contributed by atoms with Gasteiger partial charge in [-0.25, -0.2) is 0 Å². The second-order valence-electron chi connectivity index (χ2n) is 8.10. The number of benzene rings is 1. The van der Waals surface area contributed by atoms with Crippen LogP contribution >= 0.6 is 0 Å². The third-order valence-corrected chi connectivity index (χ3v) is 6.68. The van der Waals surface area contributed by atoms with Gasteiger partial charge in [0.25, 0.3) is 5.91 Å². The van der Waals surface area contributed by atoms with Crippen LogP contribution in [0.15, 0.2) is 35.1 Å². The molecule has 1 amide bonds. The minimum Gasteiger partial charge on any atom is -0.508 e. The average Bonchev–Trinajstić information content (AvgIpc) is 2.68. The summed E-state index contributed by atoms with van der Waals surface area (Å²) in [6, 6.07) is 3.98. The summed E-state index contributed by atoms with van der Waals surface area (Å²) in [4.78, 5) is 49.9. The maximum atomic E-state index is 13.4. The van der Waals surface area contributed by atoms with E-state index in [1.807, 2.05) is 0 Å². The SMILES string of the molecule is C[C@@H]1C(=O)C(C(N)=O)=C(O)[C@@]2(O)C(=O)C3=C(O)c4c(O)cccc4[C@H](C(=O)O)[C@H]3C[C@@H]12. The average molecular weight is 429 g/mol. The molecule has 162 valence electrons. The van der Waals surface area contributed by atoms with E-state index in [-0.39, 0.29) is 17.5 Å². The molecular formula is C21H19NO9. The number of rotatable bonds is 2. The Morgan fingerprint density at radius 2 is 1.81 bits per heavy atom. The molecule has 0 aliphatic heterocycles. The number of carboxylic acids is 1. The third kappa shape index (κ3) is 2.42. The first-order valence-corrected chi connectivity index (χ1v) is 9.47. The molecule has 1 aromatic rings. The number of aliphatic hydroxyl groups excluding tert-OH is 2. The summed E-state index contributed by atoms with van der Waals surface area (Å²) in [5.74, 6) is -12.1. The Bertz CT molecular complexity index is 1150. The zero-order valence-corrected chi connectivity index (χ0v) is 16.2. The number of carbonyl (C=O) groups excluding carboxylic acids is 3. The molecule has 0 aromatic heterocycles. The summed E-state index contributed by atoms with van der Waals surface area (Å²) < 4.78 is 0. The number of aliphatic carboxylic acids is 1. The van der Waals surface area contributed by atoms with E-state index in [0.717, 1.165) is 0 Å². The normalized spacial score (nSPS) is 32.3. The Labute approximate surface area is 174 Å². The fourth-order valence-corrected chi connectivity index (χ4v) is 5.23. The van der Waals surface area contributed by atoms with Gasteiger partial charge in [0.1, 0.15) is 22.8 Å². The molecule has 0 spiro atoms. The number of primary amides is 1. The molecule has 3 aliphatic rings. The van der Waals surface area contributed by atoms with E-state index >= 15 is 0 Å². The number of hydrogen-bond acceptors (Lipinski definition) is 8. The van der Waals surface area contributed by atoms with Crippen LogP contribution < -0.4 is 5.73 Å². The van der Waals surface area contributed by atoms with Gasteiger partial charge in [0, 0.05) is 23.3 Å². The summed E-state index contributed by atoms with van der Waals surface area (Å²) in [6.45, 7) is 1.34. The third-order valence-electron chi connectivity index (χ3n) is 6.68. The molecule has 0 saturated heterocycles. The van der Waals surface area contributed by atoms with Crippen LogP contribution in [0.3, 0.4) is 0 Å². The van der Waals surface area contributed by atoms with Gasteiger partial charge in [0.15, 0.2) is 11.4 Å². The van der Waals surface area contributed by atoms with E-state index in [0.29, 0.717) is 0 Å². The van der Waals surface area contributed by atoms with Gasteiger partial charge in [-0.1, -0.05) is 19.1 Å². The summed E-state index contributed by atoms with van der Waals surface area (Å²) >= 11 is 0. The van der Waals surface area contributed by atoms with Crippen LogP contribution in [0.4, 0.5) is 0 Å². The summed E-state index contributed by atoms with van der Waals surface area (Å²) in [5.41, 5.74) is 0.799. The molecular weight excluding hydrogens is 410 g/mol. The summed E-state index contributed by atoms with van der Waals surface area (Å²) in [5, 5.41) is 52.8. The highest BCUT2D eigenvalue weighted by Crippen LogP contribution is 2.56. The number of aliphatic hydroxyl groups is 3. The summed E-state index contributed by atoms with van der Waals surface area (Å²) in [6.07, 6.45) is -0.267. The first kappa shape index (κ1) is 20.6. The fraction of sp³-hybridized carbons (Fsp3) is 0.333. The number of Topliss-reactive ketones (excluding diaryl/α,β-unsaturated/α-hetero) is 2. The van der Waals surface area contributed by atoms with Crippen LogP contribution in [-0.2, 0) is 19.2 Å². The predicted octanol–water partition coefficient (Wildman–Crippen LogP) is 0.296. The lowest BCUT2D eigenvalue weighted by atomic mass is 9.54. The predicted molar refractivity (Wildman–Crippen MR) is 103 cm³/mol. The van der Waals surface area contributed by atoms with Crippen LogP contribution in [0.1, 0.15) is 30.4 Å². The number of phenols is 1. The van der Waals surface area contributed by atoms with Crippen molar-refractivity contribution in [3.8, 4) is 5.75 Å². The smallest absolute Gasteiger partial charge is 0.311 e. The zero-order valence-electron chi connectivity index (χ0n) is 16.2. The molecule has 31 heavy (non-hydrogen) atoms. The number of nitrogens with two attached hydrogens (primary N) is 1. The molecule has 3 aliphatic carbocycles. The molecule has 7 N–H and O–H groups in total. The van der Waals surface area contributed by atoms with Crippen LogP contribution in [0.5, 0.6) is 5.75 Å². The lowest BCUT2D eigenvalue weighted by molar-refractivity contribution is -0.154. The van der Waals surface area contributed by atoms with Crippen LogP contribution in [0, 0.1) is 17.8 Å². The number of carbonyl (C=O) groups is 4. The Morgan fingerprint density at radius 1 is 1.16 bits per heavy atom.